The SMILES string of the molecule is CC(C)Nc1ncc(C(=O)N[C@H]2C3CC4CC2C[C@@](O)(C4)C3)c([C@@H]2CCCO2)n1. The molecule has 29 heavy (non-hydrogen) atoms. The Hall–Kier alpha value is -1.73. The third kappa shape index (κ3) is 3.63. The topological polar surface area (TPSA) is 96.4 Å². The van der Waals surface area contributed by atoms with E-state index in [1.165, 1.54) is 0 Å². The van der Waals surface area contributed by atoms with Crippen LogP contribution < -0.4 is 10.6 Å². The Balaban J connectivity index is 1.38. The van der Waals surface area contributed by atoms with Crippen LogP contribution >= 0.6 is 0 Å². The Kier molecular flexibility index (Phi) is 4.78. The molecule has 1 amide bonds. The van der Waals surface area contributed by atoms with Crippen molar-refractivity contribution in [3.63, 3.8) is 0 Å². The lowest BCUT2D eigenvalue weighted by Gasteiger charge is -2.58. The highest BCUT2D eigenvalue weighted by Crippen LogP contribution is 2.55. The molecule has 4 bridgehead atoms. The molecule has 4 saturated carbocycles. The maximum Gasteiger partial charge on any atom is 0.255 e. The third-order valence-corrected chi connectivity index (χ3v) is 7.25. The van der Waals surface area contributed by atoms with Crippen LogP contribution in [0.15, 0.2) is 6.20 Å². The van der Waals surface area contributed by atoms with Crippen molar-refractivity contribution in [2.24, 2.45) is 17.8 Å². The van der Waals surface area contributed by atoms with Crippen molar-refractivity contribution < 1.29 is 14.6 Å². The van der Waals surface area contributed by atoms with Crippen molar-refractivity contribution in [2.45, 2.75) is 82.6 Å². The second kappa shape index (κ2) is 7.20. The minimum Gasteiger partial charge on any atom is -0.390 e. The molecule has 0 spiro atoms. The summed E-state index contributed by atoms with van der Waals surface area (Å²) in [6.07, 6.45) is 8.18. The molecule has 4 aliphatic carbocycles. The first kappa shape index (κ1) is 19.2. The maximum atomic E-state index is 13.3. The van der Waals surface area contributed by atoms with E-state index in [0.29, 0.717) is 41.6 Å². The van der Waals surface area contributed by atoms with Gasteiger partial charge < -0.3 is 20.5 Å². The first-order valence-electron chi connectivity index (χ1n) is 11.2. The number of hydrogen-bond acceptors (Lipinski definition) is 6. The molecule has 6 rings (SSSR count). The highest BCUT2D eigenvalue weighted by Gasteiger charge is 2.55. The van der Waals surface area contributed by atoms with Gasteiger partial charge in [-0.2, -0.15) is 0 Å². The van der Waals surface area contributed by atoms with E-state index in [2.05, 4.69) is 20.6 Å². The zero-order valence-corrected chi connectivity index (χ0v) is 17.4. The zero-order chi connectivity index (χ0) is 20.2. The molecule has 3 N–H and O–H groups in total. The van der Waals surface area contributed by atoms with E-state index in [9.17, 15) is 9.90 Å². The Bertz CT molecular complexity index is 776. The van der Waals surface area contributed by atoms with Gasteiger partial charge in [0.15, 0.2) is 0 Å². The molecule has 2 unspecified atom stereocenters. The summed E-state index contributed by atoms with van der Waals surface area (Å²) in [5.41, 5.74) is 0.729. The molecular formula is C22H32N4O3. The molecule has 1 saturated heterocycles. The minimum absolute atomic E-state index is 0.101. The van der Waals surface area contributed by atoms with Gasteiger partial charge >= 0.3 is 0 Å². The van der Waals surface area contributed by atoms with E-state index in [1.807, 2.05) is 13.8 Å². The number of nitrogens with zero attached hydrogens (tertiary/aromatic N) is 2. The number of ether oxygens (including phenoxy) is 1. The fourth-order valence-corrected chi connectivity index (χ4v) is 6.38. The number of carbonyl (C=O) groups excluding carboxylic acids is 1. The largest absolute Gasteiger partial charge is 0.390 e. The molecule has 3 atom stereocenters. The average Bonchev–Trinajstić information content (AvgIpc) is 3.17. The molecule has 5 fully saturated rings. The minimum atomic E-state index is -0.492. The van der Waals surface area contributed by atoms with E-state index in [1.54, 1.807) is 6.20 Å². The summed E-state index contributed by atoms with van der Waals surface area (Å²) in [6.45, 7) is 4.78. The predicted octanol–water partition coefficient (Wildman–Crippen LogP) is 2.82. The van der Waals surface area contributed by atoms with Gasteiger partial charge in [-0.25, -0.2) is 9.97 Å². The van der Waals surface area contributed by atoms with Crippen molar-refractivity contribution in [1.29, 1.82) is 0 Å². The molecular weight excluding hydrogens is 368 g/mol. The number of carbonyl (C=O) groups is 1. The van der Waals surface area contributed by atoms with Crippen molar-refractivity contribution in [2.75, 3.05) is 11.9 Å². The number of anilines is 1. The molecule has 7 nitrogen and oxygen atoms in total. The Labute approximate surface area is 172 Å². The Morgan fingerprint density at radius 1 is 1.28 bits per heavy atom. The van der Waals surface area contributed by atoms with Crippen LogP contribution in [-0.4, -0.2) is 45.3 Å². The Morgan fingerprint density at radius 2 is 2.03 bits per heavy atom. The van der Waals surface area contributed by atoms with E-state index >= 15 is 0 Å². The van der Waals surface area contributed by atoms with Crippen molar-refractivity contribution in [3.05, 3.63) is 17.5 Å². The quantitative estimate of drug-likeness (QED) is 0.703. The van der Waals surface area contributed by atoms with Crippen LogP contribution in [0.4, 0.5) is 5.95 Å². The van der Waals surface area contributed by atoms with Crippen molar-refractivity contribution >= 4 is 11.9 Å². The standard InChI is InChI=1S/C22H32N4O3/c1-12(2)24-21-23-11-16(19(26-21)17-4-3-5-29-17)20(27)25-18-14-6-13-7-15(18)10-22(28,8-13)9-14/h11-15,17-18,28H,3-10H2,1-2H3,(H,25,27)(H,23,24,26)/t13?,14?,15?,17-,18-,22+/m0/s1. The summed E-state index contributed by atoms with van der Waals surface area (Å²) in [5, 5.41) is 17.3. The highest BCUT2D eigenvalue weighted by molar-refractivity contribution is 5.95. The Morgan fingerprint density at radius 3 is 2.66 bits per heavy atom. The van der Waals surface area contributed by atoms with Crippen LogP contribution in [0.3, 0.4) is 0 Å². The predicted molar refractivity (Wildman–Crippen MR) is 108 cm³/mol. The van der Waals surface area contributed by atoms with E-state index in [4.69, 9.17) is 4.74 Å². The first-order valence-corrected chi connectivity index (χ1v) is 11.2. The van der Waals surface area contributed by atoms with Crippen LogP contribution in [0.25, 0.3) is 0 Å². The molecule has 2 heterocycles. The highest BCUT2D eigenvalue weighted by atomic mass is 16.5. The van der Waals surface area contributed by atoms with Gasteiger partial charge in [-0.1, -0.05) is 0 Å². The molecule has 1 aliphatic heterocycles. The summed E-state index contributed by atoms with van der Waals surface area (Å²) in [4.78, 5) is 22.4. The van der Waals surface area contributed by atoms with Gasteiger partial charge in [0.1, 0.15) is 6.10 Å². The number of aromatic nitrogens is 2. The summed E-state index contributed by atoms with van der Waals surface area (Å²) in [7, 11) is 0. The third-order valence-electron chi connectivity index (χ3n) is 7.25. The fraction of sp³-hybridized carbons (Fsp3) is 0.773. The lowest BCUT2D eigenvalue weighted by molar-refractivity contribution is -0.136. The molecule has 5 aliphatic rings. The van der Waals surface area contributed by atoms with Gasteiger partial charge in [0, 0.05) is 24.9 Å². The smallest absolute Gasteiger partial charge is 0.255 e. The summed E-state index contributed by atoms with van der Waals surface area (Å²) < 4.78 is 5.86. The number of rotatable bonds is 5. The number of hydrogen-bond donors (Lipinski definition) is 3. The fourth-order valence-electron chi connectivity index (χ4n) is 6.38. The number of amides is 1. The van der Waals surface area contributed by atoms with Crippen molar-refractivity contribution in [1.82, 2.24) is 15.3 Å². The van der Waals surface area contributed by atoms with Gasteiger partial charge in [-0.15, -0.1) is 0 Å². The lowest BCUT2D eigenvalue weighted by Crippen LogP contribution is -2.61. The van der Waals surface area contributed by atoms with Gasteiger partial charge in [0.2, 0.25) is 5.95 Å². The second-order valence-electron chi connectivity index (χ2n) is 9.99. The monoisotopic (exact) mass is 400 g/mol. The molecule has 1 aromatic heterocycles. The lowest BCUT2D eigenvalue weighted by atomic mass is 9.52. The molecule has 7 heteroatoms. The first-order chi connectivity index (χ1) is 13.9. The van der Waals surface area contributed by atoms with E-state index in [-0.39, 0.29) is 24.1 Å². The van der Waals surface area contributed by atoms with Crippen molar-refractivity contribution in [3.8, 4) is 0 Å². The van der Waals surface area contributed by atoms with E-state index < -0.39 is 5.60 Å². The summed E-state index contributed by atoms with van der Waals surface area (Å²) in [6, 6.07) is 0.357. The molecule has 0 aromatic carbocycles. The van der Waals surface area contributed by atoms with Gasteiger partial charge in [0.25, 0.3) is 5.91 Å². The summed E-state index contributed by atoms with van der Waals surface area (Å²) >= 11 is 0. The van der Waals surface area contributed by atoms with E-state index in [0.717, 1.165) is 44.9 Å². The van der Waals surface area contributed by atoms with Crippen LogP contribution in [-0.2, 0) is 4.74 Å². The van der Waals surface area contributed by atoms with Crippen LogP contribution in [0.5, 0.6) is 0 Å². The average molecular weight is 401 g/mol. The normalized spacial score (nSPS) is 37.9. The molecule has 0 radical (unpaired) electrons. The maximum absolute atomic E-state index is 13.3. The molecule has 1 aromatic rings. The number of aliphatic hydroxyl groups is 1. The van der Waals surface area contributed by atoms with Crippen LogP contribution in [0, 0.1) is 17.8 Å². The number of nitrogens with one attached hydrogen (secondary N) is 2. The van der Waals surface area contributed by atoms with Gasteiger partial charge in [-0.05, 0) is 76.5 Å². The van der Waals surface area contributed by atoms with Gasteiger partial charge in [0.05, 0.1) is 16.9 Å². The zero-order valence-electron chi connectivity index (χ0n) is 17.4. The van der Waals surface area contributed by atoms with Crippen LogP contribution in [0.1, 0.15) is 80.9 Å². The molecule has 158 valence electrons. The second-order valence-corrected chi connectivity index (χ2v) is 9.99. The summed E-state index contributed by atoms with van der Waals surface area (Å²) in [5.74, 6) is 1.82. The van der Waals surface area contributed by atoms with Crippen LogP contribution in [0.2, 0.25) is 0 Å². The van der Waals surface area contributed by atoms with Gasteiger partial charge in [-0.3, -0.25) is 4.79 Å².